The molecule has 0 saturated carbocycles. The fraction of sp³-hybridized carbons (Fsp3) is 0.227. The summed E-state index contributed by atoms with van der Waals surface area (Å²) in [5.41, 5.74) is 3.31. The zero-order valence-corrected chi connectivity index (χ0v) is 16.4. The van der Waals surface area contributed by atoms with E-state index in [1.165, 1.54) is 6.42 Å². The van der Waals surface area contributed by atoms with Crippen LogP contribution in [0.4, 0.5) is 11.4 Å². The molecular formula is C22H23N3O2S. The predicted octanol–water partition coefficient (Wildman–Crippen LogP) is 4.54. The Kier molecular flexibility index (Phi) is 5.30. The van der Waals surface area contributed by atoms with Gasteiger partial charge >= 0.3 is 0 Å². The van der Waals surface area contributed by atoms with Crippen LogP contribution < -0.4 is 9.62 Å². The largest absolute Gasteiger partial charge is 0.370 e. The Bertz CT molecular complexity index is 1030. The Balaban J connectivity index is 1.58. The normalized spacial score (nSPS) is 14.6. The lowest BCUT2D eigenvalue weighted by Gasteiger charge is -2.30. The van der Waals surface area contributed by atoms with Crippen LogP contribution in [0.1, 0.15) is 19.3 Å². The van der Waals surface area contributed by atoms with Crippen molar-refractivity contribution < 1.29 is 8.42 Å². The van der Waals surface area contributed by atoms with Crippen molar-refractivity contribution in [1.82, 2.24) is 4.98 Å². The van der Waals surface area contributed by atoms with Gasteiger partial charge in [-0.1, -0.05) is 30.3 Å². The third-order valence-corrected chi connectivity index (χ3v) is 6.41. The summed E-state index contributed by atoms with van der Waals surface area (Å²) >= 11 is 0. The Morgan fingerprint density at radius 1 is 0.821 bits per heavy atom. The standard InChI is InChI=1S/C22H23N3O2S/c26-28(27,22-9-3-2-8-21(22)25-15-4-1-5-16-25)24-20-12-10-18(11-13-20)19-7-6-14-23-17-19/h2-3,6-14,17,24H,1,4-5,15-16H2. The molecule has 3 aromatic rings. The molecule has 0 bridgehead atoms. The summed E-state index contributed by atoms with van der Waals surface area (Å²) in [7, 11) is -3.67. The van der Waals surface area contributed by atoms with E-state index in [1.807, 2.05) is 36.4 Å². The molecule has 28 heavy (non-hydrogen) atoms. The van der Waals surface area contributed by atoms with Crippen molar-refractivity contribution in [2.45, 2.75) is 24.2 Å². The summed E-state index contributed by atoms with van der Waals surface area (Å²) in [5, 5.41) is 0. The lowest BCUT2D eigenvalue weighted by Crippen LogP contribution is -2.31. The molecule has 6 heteroatoms. The highest BCUT2D eigenvalue weighted by Gasteiger charge is 2.22. The van der Waals surface area contributed by atoms with E-state index in [0.29, 0.717) is 10.6 Å². The monoisotopic (exact) mass is 393 g/mol. The summed E-state index contributed by atoms with van der Waals surface area (Å²) in [6.07, 6.45) is 6.90. The molecule has 1 aliphatic rings. The highest BCUT2D eigenvalue weighted by Crippen LogP contribution is 2.29. The van der Waals surface area contributed by atoms with Crippen LogP contribution in [0.3, 0.4) is 0 Å². The Morgan fingerprint density at radius 2 is 1.57 bits per heavy atom. The number of benzene rings is 2. The molecule has 1 aromatic heterocycles. The maximum atomic E-state index is 13.1. The van der Waals surface area contributed by atoms with E-state index < -0.39 is 10.0 Å². The highest BCUT2D eigenvalue weighted by atomic mass is 32.2. The van der Waals surface area contributed by atoms with Gasteiger partial charge in [0.15, 0.2) is 0 Å². The van der Waals surface area contributed by atoms with E-state index >= 15 is 0 Å². The van der Waals surface area contributed by atoms with Crippen LogP contribution in [-0.2, 0) is 10.0 Å². The van der Waals surface area contributed by atoms with Gasteiger partial charge in [-0.3, -0.25) is 9.71 Å². The van der Waals surface area contributed by atoms with E-state index in [2.05, 4.69) is 14.6 Å². The van der Waals surface area contributed by atoms with E-state index in [-0.39, 0.29) is 0 Å². The van der Waals surface area contributed by atoms with Gasteiger partial charge in [-0.25, -0.2) is 8.42 Å². The lowest BCUT2D eigenvalue weighted by atomic mass is 10.1. The van der Waals surface area contributed by atoms with E-state index in [0.717, 1.165) is 42.7 Å². The molecule has 0 amide bonds. The number of pyridine rings is 1. The summed E-state index contributed by atoms with van der Waals surface area (Å²) in [5.74, 6) is 0. The molecule has 2 aromatic carbocycles. The average Bonchev–Trinajstić information content (AvgIpc) is 2.75. The number of hydrogen-bond acceptors (Lipinski definition) is 4. The van der Waals surface area contributed by atoms with E-state index in [4.69, 9.17) is 0 Å². The van der Waals surface area contributed by atoms with Crippen molar-refractivity contribution in [1.29, 1.82) is 0 Å². The van der Waals surface area contributed by atoms with Crippen molar-refractivity contribution >= 4 is 21.4 Å². The summed E-state index contributed by atoms with van der Waals surface area (Å²) in [6, 6.07) is 18.4. The molecule has 144 valence electrons. The summed E-state index contributed by atoms with van der Waals surface area (Å²) < 4.78 is 28.9. The average molecular weight is 394 g/mol. The molecule has 1 aliphatic heterocycles. The van der Waals surface area contributed by atoms with Gasteiger partial charge in [0.2, 0.25) is 0 Å². The first-order valence-corrected chi connectivity index (χ1v) is 11.0. The number of sulfonamides is 1. The number of aromatic nitrogens is 1. The third-order valence-electron chi connectivity index (χ3n) is 4.98. The Morgan fingerprint density at radius 3 is 2.29 bits per heavy atom. The van der Waals surface area contributed by atoms with Crippen LogP contribution >= 0.6 is 0 Å². The van der Waals surface area contributed by atoms with Crippen molar-refractivity contribution in [3.05, 3.63) is 73.1 Å². The van der Waals surface area contributed by atoms with Crippen LogP contribution in [-0.4, -0.2) is 26.5 Å². The van der Waals surface area contributed by atoms with Crippen molar-refractivity contribution in [2.24, 2.45) is 0 Å². The van der Waals surface area contributed by atoms with Crippen molar-refractivity contribution in [2.75, 3.05) is 22.7 Å². The minimum Gasteiger partial charge on any atom is -0.370 e. The Labute approximate surface area is 166 Å². The number of rotatable bonds is 5. The predicted molar refractivity (Wildman–Crippen MR) is 113 cm³/mol. The second-order valence-electron chi connectivity index (χ2n) is 6.94. The first-order chi connectivity index (χ1) is 13.6. The molecule has 0 atom stereocenters. The number of anilines is 2. The van der Waals surface area contributed by atoms with Gasteiger partial charge in [-0.15, -0.1) is 0 Å². The van der Waals surface area contributed by atoms with Gasteiger partial charge in [0, 0.05) is 31.2 Å². The molecule has 2 heterocycles. The summed E-state index contributed by atoms with van der Waals surface area (Å²) in [6.45, 7) is 1.79. The van der Waals surface area contributed by atoms with Gasteiger partial charge < -0.3 is 4.90 Å². The van der Waals surface area contributed by atoms with Crippen LogP contribution in [0, 0.1) is 0 Å². The fourth-order valence-electron chi connectivity index (χ4n) is 3.55. The van der Waals surface area contributed by atoms with Gasteiger partial charge in [-0.05, 0) is 60.7 Å². The molecule has 0 aliphatic carbocycles. The number of nitrogens with zero attached hydrogens (tertiary/aromatic N) is 2. The van der Waals surface area contributed by atoms with Crippen LogP contribution in [0.5, 0.6) is 0 Å². The second-order valence-corrected chi connectivity index (χ2v) is 8.59. The quantitative estimate of drug-likeness (QED) is 0.691. The molecule has 1 fully saturated rings. The van der Waals surface area contributed by atoms with Gasteiger partial charge in [0.1, 0.15) is 4.90 Å². The maximum absolute atomic E-state index is 13.1. The zero-order chi connectivity index (χ0) is 19.4. The first-order valence-electron chi connectivity index (χ1n) is 9.51. The van der Waals surface area contributed by atoms with Crippen molar-refractivity contribution in [3.63, 3.8) is 0 Å². The van der Waals surface area contributed by atoms with Gasteiger partial charge in [0.25, 0.3) is 10.0 Å². The first kappa shape index (κ1) is 18.5. The van der Waals surface area contributed by atoms with Gasteiger partial charge in [0.05, 0.1) is 5.69 Å². The molecule has 1 saturated heterocycles. The molecule has 0 unspecified atom stereocenters. The minimum absolute atomic E-state index is 0.327. The van der Waals surface area contributed by atoms with Crippen LogP contribution in [0.25, 0.3) is 11.1 Å². The zero-order valence-electron chi connectivity index (χ0n) is 15.6. The highest BCUT2D eigenvalue weighted by molar-refractivity contribution is 7.92. The van der Waals surface area contributed by atoms with Crippen LogP contribution in [0.2, 0.25) is 0 Å². The SMILES string of the molecule is O=S(=O)(Nc1ccc(-c2cccnc2)cc1)c1ccccc1N1CCCCC1. The van der Waals surface area contributed by atoms with E-state index in [1.54, 1.807) is 36.7 Å². The smallest absolute Gasteiger partial charge is 0.263 e. The molecule has 5 nitrogen and oxygen atoms in total. The van der Waals surface area contributed by atoms with Gasteiger partial charge in [-0.2, -0.15) is 0 Å². The van der Waals surface area contributed by atoms with E-state index in [9.17, 15) is 8.42 Å². The third kappa shape index (κ3) is 4.02. The maximum Gasteiger partial charge on any atom is 0.263 e. The number of hydrogen-bond donors (Lipinski definition) is 1. The molecule has 0 radical (unpaired) electrons. The topological polar surface area (TPSA) is 62.3 Å². The molecule has 4 rings (SSSR count). The summed E-state index contributed by atoms with van der Waals surface area (Å²) in [4.78, 5) is 6.62. The lowest BCUT2D eigenvalue weighted by molar-refractivity contribution is 0.571. The molecule has 0 spiro atoms. The number of piperidine rings is 1. The van der Waals surface area contributed by atoms with Crippen LogP contribution in [0.15, 0.2) is 78.0 Å². The minimum atomic E-state index is -3.67. The number of para-hydroxylation sites is 1. The second kappa shape index (κ2) is 8.02. The molecule has 1 N–H and O–H groups in total. The molecular weight excluding hydrogens is 370 g/mol. The fourth-order valence-corrected chi connectivity index (χ4v) is 4.84. The van der Waals surface area contributed by atoms with Crippen molar-refractivity contribution in [3.8, 4) is 11.1 Å². The Hall–Kier alpha value is -2.86. The number of nitrogens with one attached hydrogen (secondary N) is 1.